The maximum absolute atomic E-state index is 6.30. The molecule has 2 heteroatoms. The van der Waals surface area contributed by atoms with Crippen molar-refractivity contribution in [3.05, 3.63) is 0 Å². The Bertz CT molecular complexity index is 231. The summed E-state index contributed by atoms with van der Waals surface area (Å²) in [5, 5.41) is 3.59. The van der Waals surface area contributed by atoms with Crippen LogP contribution in [0, 0.1) is 0 Å². The molecule has 1 saturated heterocycles. The van der Waals surface area contributed by atoms with Gasteiger partial charge >= 0.3 is 0 Å². The van der Waals surface area contributed by atoms with Crippen LogP contribution in [0.3, 0.4) is 0 Å². The molecule has 0 aromatic heterocycles. The zero-order chi connectivity index (χ0) is 10.8. The van der Waals surface area contributed by atoms with Crippen LogP contribution >= 0.6 is 0 Å². The largest absolute Gasteiger partial charge is 0.372 e. The lowest BCUT2D eigenvalue weighted by Crippen LogP contribution is -2.25. The highest BCUT2D eigenvalue weighted by atomic mass is 16.5. The van der Waals surface area contributed by atoms with E-state index < -0.39 is 0 Å². The normalized spacial score (nSPS) is 32.6. The second kappa shape index (κ2) is 4.66. The van der Waals surface area contributed by atoms with E-state index in [1.807, 2.05) is 0 Å². The van der Waals surface area contributed by atoms with E-state index >= 15 is 0 Å². The number of ether oxygens (including phenoxy) is 1. The first-order valence-electron chi connectivity index (χ1n) is 7.28. The van der Waals surface area contributed by atoms with Gasteiger partial charge in [-0.25, -0.2) is 0 Å². The molecule has 1 heterocycles. The van der Waals surface area contributed by atoms with Crippen LogP contribution < -0.4 is 5.32 Å². The minimum Gasteiger partial charge on any atom is -0.372 e. The molecule has 1 N–H and O–H groups in total. The van der Waals surface area contributed by atoms with Crippen LogP contribution in [0.15, 0.2) is 0 Å². The van der Waals surface area contributed by atoms with Gasteiger partial charge in [-0.05, 0) is 57.9 Å². The monoisotopic (exact) mass is 223 g/mol. The third kappa shape index (κ3) is 2.60. The van der Waals surface area contributed by atoms with Gasteiger partial charge in [-0.2, -0.15) is 0 Å². The fraction of sp³-hybridized carbons (Fsp3) is 1.00. The zero-order valence-corrected chi connectivity index (χ0v) is 10.3. The summed E-state index contributed by atoms with van der Waals surface area (Å²) in [5.74, 6) is 0. The predicted octanol–water partition coefficient (Wildman–Crippen LogP) is 3.01. The maximum atomic E-state index is 6.30. The summed E-state index contributed by atoms with van der Waals surface area (Å²) in [4.78, 5) is 0. The molecule has 0 aromatic carbocycles. The molecular formula is C14H25NO. The summed E-state index contributed by atoms with van der Waals surface area (Å²) >= 11 is 0. The van der Waals surface area contributed by atoms with Crippen molar-refractivity contribution in [2.24, 2.45) is 0 Å². The highest BCUT2D eigenvalue weighted by Gasteiger charge is 2.41. The molecule has 3 rings (SSSR count). The van der Waals surface area contributed by atoms with Crippen LogP contribution in [0.25, 0.3) is 0 Å². The quantitative estimate of drug-likeness (QED) is 0.723. The SMILES string of the molecule is C(CNC1CC1)CC1CCC2(CCCC2)O1. The van der Waals surface area contributed by atoms with E-state index in [9.17, 15) is 0 Å². The van der Waals surface area contributed by atoms with Gasteiger partial charge in [-0.3, -0.25) is 0 Å². The minimum atomic E-state index is 0.342. The highest BCUT2D eigenvalue weighted by molar-refractivity contribution is 4.92. The van der Waals surface area contributed by atoms with Gasteiger partial charge in [0.1, 0.15) is 0 Å². The van der Waals surface area contributed by atoms with Gasteiger partial charge in [0.2, 0.25) is 0 Å². The predicted molar refractivity (Wildman–Crippen MR) is 65.6 cm³/mol. The molecule has 0 amide bonds. The molecule has 0 bridgehead atoms. The van der Waals surface area contributed by atoms with Crippen molar-refractivity contribution in [3.8, 4) is 0 Å². The van der Waals surface area contributed by atoms with E-state index in [1.54, 1.807) is 0 Å². The van der Waals surface area contributed by atoms with Crippen LogP contribution in [0.1, 0.15) is 64.2 Å². The first kappa shape index (κ1) is 11.0. The molecule has 2 aliphatic carbocycles. The zero-order valence-electron chi connectivity index (χ0n) is 10.3. The second-order valence-corrected chi connectivity index (χ2v) is 6.04. The summed E-state index contributed by atoms with van der Waals surface area (Å²) in [6, 6.07) is 0.866. The van der Waals surface area contributed by atoms with E-state index in [1.165, 1.54) is 70.8 Å². The molecule has 0 aromatic rings. The average Bonchev–Trinajstić information content (AvgIpc) is 2.87. The first-order valence-corrected chi connectivity index (χ1v) is 7.28. The Hall–Kier alpha value is -0.0800. The molecule has 2 saturated carbocycles. The van der Waals surface area contributed by atoms with Crippen molar-refractivity contribution >= 4 is 0 Å². The summed E-state index contributed by atoms with van der Waals surface area (Å²) in [5.41, 5.74) is 0.342. The lowest BCUT2D eigenvalue weighted by atomic mass is 9.98. The van der Waals surface area contributed by atoms with Gasteiger partial charge in [-0.15, -0.1) is 0 Å². The molecular weight excluding hydrogens is 198 g/mol. The van der Waals surface area contributed by atoms with E-state index in [0.717, 1.165) is 6.04 Å². The minimum absolute atomic E-state index is 0.342. The molecule has 3 aliphatic rings. The van der Waals surface area contributed by atoms with Gasteiger partial charge in [-0.1, -0.05) is 12.8 Å². The molecule has 0 radical (unpaired) electrons. The van der Waals surface area contributed by atoms with Crippen molar-refractivity contribution in [2.45, 2.75) is 82.0 Å². The van der Waals surface area contributed by atoms with E-state index in [0.29, 0.717) is 11.7 Å². The first-order chi connectivity index (χ1) is 7.86. The fourth-order valence-corrected chi connectivity index (χ4v) is 3.41. The Balaban J connectivity index is 1.33. The molecule has 1 unspecified atom stereocenters. The van der Waals surface area contributed by atoms with Crippen LogP contribution in [0.5, 0.6) is 0 Å². The number of hydrogen-bond donors (Lipinski definition) is 1. The number of nitrogens with one attached hydrogen (secondary N) is 1. The Kier molecular flexibility index (Phi) is 3.21. The molecule has 3 fully saturated rings. The summed E-state index contributed by atoms with van der Waals surface area (Å²) in [6.07, 6.45) is 14.1. The lowest BCUT2D eigenvalue weighted by Gasteiger charge is -2.23. The third-order valence-electron chi connectivity index (χ3n) is 4.57. The van der Waals surface area contributed by atoms with Gasteiger partial charge < -0.3 is 10.1 Å². The molecule has 16 heavy (non-hydrogen) atoms. The topological polar surface area (TPSA) is 21.3 Å². The molecule has 2 nitrogen and oxygen atoms in total. The Morgan fingerprint density at radius 2 is 1.88 bits per heavy atom. The maximum Gasteiger partial charge on any atom is 0.0687 e. The van der Waals surface area contributed by atoms with Crippen molar-refractivity contribution in [2.75, 3.05) is 6.54 Å². The summed E-state index contributed by atoms with van der Waals surface area (Å²) in [7, 11) is 0. The molecule has 1 aliphatic heterocycles. The average molecular weight is 223 g/mol. The smallest absolute Gasteiger partial charge is 0.0687 e. The van der Waals surface area contributed by atoms with Crippen LogP contribution in [0.4, 0.5) is 0 Å². The van der Waals surface area contributed by atoms with Crippen molar-refractivity contribution in [3.63, 3.8) is 0 Å². The van der Waals surface area contributed by atoms with Crippen molar-refractivity contribution in [1.29, 1.82) is 0 Å². The third-order valence-corrected chi connectivity index (χ3v) is 4.57. The van der Waals surface area contributed by atoms with Gasteiger partial charge in [0.25, 0.3) is 0 Å². The van der Waals surface area contributed by atoms with E-state index in [-0.39, 0.29) is 0 Å². The van der Waals surface area contributed by atoms with Crippen LogP contribution in [0.2, 0.25) is 0 Å². The Morgan fingerprint density at radius 3 is 2.62 bits per heavy atom. The summed E-state index contributed by atoms with van der Waals surface area (Å²) < 4.78 is 6.30. The van der Waals surface area contributed by atoms with E-state index in [4.69, 9.17) is 4.74 Å². The Morgan fingerprint density at radius 1 is 1.06 bits per heavy atom. The number of rotatable bonds is 5. The fourth-order valence-electron chi connectivity index (χ4n) is 3.41. The second-order valence-electron chi connectivity index (χ2n) is 6.04. The Labute approximate surface area is 99.1 Å². The van der Waals surface area contributed by atoms with Crippen molar-refractivity contribution in [1.82, 2.24) is 5.32 Å². The number of hydrogen-bond acceptors (Lipinski definition) is 2. The van der Waals surface area contributed by atoms with Gasteiger partial charge in [0, 0.05) is 6.04 Å². The van der Waals surface area contributed by atoms with Gasteiger partial charge in [0.05, 0.1) is 11.7 Å². The molecule has 92 valence electrons. The van der Waals surface area contributed by atoms with Crippen LogP contribution in [-0.2, 0) is 4.74 Å². The van der Waals surface area contributed by atoms with E-state index in [2.05, 4.69) is 5.32 Å². The molecule has 1 spiro atoms. The highest BCUT2D eigenvalue weighted by Crippen LogP contribution is 2.44. The van der Waals surface area contributed by atoms with Crippen molar-refractivity contribution < 1.29 is 4.74 Å². The molecule has 1 atom stereocenters. The summed E-state index contributed by atoms with van der Waals surface area (Å²) in [6.45, 7) is 1.21. The van der Waals surface area contributed by atoms with Gasteiger partial charge in [0.15, 0.2) is 0 Å². The van der Waals surface area contributed by atoms with Crippen LogP contribution in [-0.4, -0.2) is 24.3 Å². The lowest BCUT2D eigenvalue weighted by molar-refractivity contribution is -0.0393. The standard InChI is InChI=1S/C14H25NO/c1-2-9-14(8-1)10-7-13(16-14)4-3-11-15-12-5-6-12/h12-13,15H,1-11H2.